The molecular weight excluding hydrogens is 392 g/mol. The molecule has 2 heteroatoms. The average molecular weight is 439 g/mol. The third kappa shape index (κ3) is 4.49. The summed E-state index contributed by atoms with van der Waals surface area (Å²) in [7, 11) is -1.47. The van der Waals surface area contributed by atoms with E-state index < -0.39 is 8.32 Å². The Kier molecular flexibility index (Phi) is 7.48. The standard InChI is InChI=1S/C29H46OSi/c1-5-31(6-2,7-3)30-22-12-21-29(4,27-19-17-23-13-8-10-15-25(23)27)28-20-18-24-14-9-11-16-26(24)28/h8-11,15-16,23-24,27-28H,5-7,12-14,17-22H2,1-4H3. The van der Waals surface area contributed by atoms with E-state index in [1.54, 1.807) is 11.1 Å². The van der Waals surface area contributed by atoms with Gasteiger partial charge in [-0.2, -0.15) is 0 Å². The van der Waals surface area contributed by atoms with Crippen molar-refractivity contribution in [2.75, 3.05) is 6.61 Å². The normalized spacial score (nSPS) is 31.7. The van der Waals surface area contributed by atoms with Crippen molar-refractivity contribution >= 4 is 8.32 Å². The molecule has 2 saturated carbocycles. The van der Waals surface area contributed by atoms with Crippen molar-refractivity contribution < 1.29 is 4.43 Å². The first-order chi connectivity index (χ1) is 15.1. The van der Waals surface area contributed by atoms with E-state index in [-0.39, 0.29) is 0 Å². The van der Waals surface area contributed by atoms with Gasteiger partial charge < -0.3 is 4.43 Å². The maximum atomic E-state index is 6.70. The zero-order valence-electron chi connectivity index (χ0n) is 20.7. The van der Waals surface area contributed by atoms with Gasteiger partial charge in [0, 0.05) is 6.61 Å². The van der Waals surface area contributed by atoms with Crippen molar-refractivity contribution in [3.05, 3.63) is 47.6 Å². The highest BCUT2D eigenvalue weighted by Gasteiger charge is 2.50. The zero-order valence-corrected chi connectivity index (χ0v) is 21.7. The van der Waals surface area contributed by atoms with Crippen LogP contribution in [0.3, 0.4) is 0 Å². The minimum atomic E-state index is -1.47. The largest absolute Gasteiger partial charge is 0.417 e. The smallest absolute Gasteiger partial charge is 0.191 e. The van der Waals surface area contributed by atoms with Crippen LogP contribution in [0.25, 0.3) is 0 Å². The molecule has 0 bridgehead atoms. The Labute approximate surface area is 193 Å². The lowest BCUT2D eigenvalue weighted by atomic mass is 9.60. The number of hydrogen-bond donors (Lipinski definition) is 0. The van der Waals surface area contributed by atoms with Crippen molar-refractivity contribution in [2.24, 2.45) is 29.1 Å². The molecular formula is C29H46OSi. The second kappa shape index (κ2) is 9.95. The Balaban J connectivity index is 1.54. The topological polar surface area (TPSA) is 9.23 Å². The third-order valence-electron chi connectivity index (χ3n) is 9.84. The van der Waals surface area contributed by atoms with Crippen LogP contribution in [0.2, 0.25) is 18.1 Å². The lowest BCUT2D eigenvalue weighted by molar-refractivity contribution is 0.114. The molecule has 0 spiro atoms. The van der Waals surface area contributed by atoms with Crippen molar-refractivity contribution in [3.8, 4) is 0 Å². The van der Waals surface area contributed by atoms with Crippen LogP contribution in [0, 0.1) is 29.1 Å². The first-order valence-corrected chi connectivity index (χ1v) is 16.0. The van der Waals surface area contributed by atoms with Crippen LogP contribution in [0.4, 0.5) is 0 Å². The lowest BCUT2D eigenvalue weighted by Gasteiger charge is -2.44. The van der Waals surface area contributed by atoms with E-state index in [0.717, 1.165) is 30.3 Å². The summed E-state index contributed by atoms with van der Waals surface area (Å²) in [5.41, 5.74) is 3.97. The van der Waals surface area contributed by atoms with Crippen LogP contribution >= 0.6 is 0 Å². The Morgan fingerprint density at radius 1 is 0.839 bits per heavy atom. The van der Waals surface area contributed by atoms with Crippen LogP contribution in [0.15, 0.2) is 47.6 Å². The molecule has 4 rings (SSSR count). The molecule has 0 aromatic rings. The predicted molar refractivity (Wildman–Crippen MR) is 137 cm³/mol. The lowest BCUT2D eigenvalue weighted by Crippen LogP contribution is -2.38. The second-order valence-electron chi connectivity index (χ2n) is 11.0. The summed E-state index contributed by atoms with van der Waals surface area (Å²) in [6.45, 7) is 10.7. The van der Waals surface area contributed by atoms with Gasteiger partial charge in [-0.15, -0.1) is 0 Å². The quantitative estimate of drug-likeness (QED) is 0.245. The van der Waals surface area contributed by atoms with Gasteiger partial charge in [0.05, 0.1) is 0 Å². The van der Waals surface area contributed by atoms with Crippen LogP contribution in [0.5, 0.6) is 0 Å². The monoisotopic (exact) mass is 438 g/mol. The summed E-state index contributed by atoms with van der Waals surface area (Å²) >= 11 is 0. The Morgan fingerprint density at radius 3 is 1.84 bits per heavy atom. The summed E-state index contributed by atoms with van der Waals surface area (Å²) in [6, 6.07) is 3.80. The number of fused-ring (bicyclic) bond motifs is 2. The van der Waals surface area contributed by atoms with Crippen LogP contribution in [-0.4, -0.2) is 14.9 Å². The molecule has 0 N–H and O–H groups in total. The molecule has 1 nitrogen and oxygen atoms in total. The third-order valence-corrected chi connectivity index (χ3v) is 14.5. The molecule has 31 heavy (non-hydrogen) atoms. The van der Waals surface area contributed by atoms with Gasteiger partial charge in [-0.05, 0) is 98.6 Å². The Morgan fingerprint density at radius 2 is 1.35 bits per heavy atom. The molecule has 2 fully saturated rings. The number of allylic oxidation sites excluding steroid dienone is 8. The number of hydrogen-bond acceptors (Lipinski definition) is 1. The van der Waals surface area contributed by atoms with Gasteiger partial charge in [0.25, 0.3) is 0 Å². The Bertz CT molecular complexity index is 684. The summed E-state index contributed by atoms with van der Waals surface area (Å²) in [6.07, 6.45) is 25.2. The minimum Gasteiger partial charge on any atom is -0.417 e. The molecule has 4 atom stereocenters. The molecule has 0 radical (unpaired) electrons. The van der Waals surface area contributed by atoms with Gasteiger partial charge in [0.15, 0.2) is 8.32 Å². The average Bonchev–Trinajstić information content (AvgIpc) is 3.45. The van der Waals surface area contributed by atoms with Crippen LogP contribution in [-0.2, 0) is 4.43 Å². The van der Waals surface area contributed by atoms with E-state index in [1.807, 2.05) is 0 Å². The van der Waals surface area contributed by atoms with Crippen molar-refractivity contribution in [2.45, 2.75) is 97.2 Å². The van der Waals surface area contributed by atoms with Gasteiger partial charge in [0.1, 0.15) is 0 Å². The van der Waals surface area contributed by atoms with Crippen molar-refractivity contribution in [3.63, 3.8) is 0 Å². The molecule has 0 saturated heterocycles. The first-order valence-electron chi connectivity index (χ1n) is 13.4. The molecule has 172 valence electrons. The molecule has 0 aliphatic heterocycles. The summed E-state index contributed by atoms with van der Waals surface area (Å²) in [4.78, 5) is 0. The first kappa shape index (κ1) is 23.3. The van der Waals surface area contributed by atoms with E-state index in [4.69, 9.17) is 4.43 Å². The fourth-order valence-corrected chi connectivity index (χ4v) is 10.3. The van der Waals surface area contributed by atoms with Gasteiger partial charge in [-0.25, -0.2) is 0 Å². The SMILES string of the molecule is CC[Si](CC)(CC)OCCCC(C)(C1CCC2CC=CC=C21)C1CCC2CC=CC=C21. The maximum Gasteiger partial charge on any atom is 0.191 e. The van der Waals surface area contributed by atoms with E-state index in [2.05, 4.69) is 64.2 Å². The Hall–Kier alpha value is -0.863. The van der Waals surface area contributed by atoms with Gasteiger partial charge in [0.2, 0.25) is 0 Å². The van der Waals surface area contributed by atoms with E-state index >= 15 is 0 Å². The molecule has 0 heterocycles. The summed E-state index contributed by atoms with van der Waals surface area (Å²) in [5.74, 6) is 3.18. The molecule has 0 aromatic heterocycles. The highest BCUT2D eigenvalue weighted by Crippen LogP contribution is 2.59. The fraction of sp³-hybridized carbons (Fsp3) is 0.724. The van der Waals surface area contributed by atoms with Gasteiger partial charge >= 0.3 is 0 Å². The molecule has 0 amide bonds. The molecule has 0 aromatic carbocycles. The number of rotatable bonds is 10. The predicted octanol–water partition coefficient (Wildman–Crippen LogP) is 8.62. The van der Waals surface area contributed by atoms with Crippen LogP contribution < -0.4 is 0 Å². The maximum absolute atomic E-state index is 6.70. The second-order valence-corrected chi connectivity index (χ2v) is 15.8. The van der Waals surface area contributed by atoms with E-state index in [1.165, 1.54) is 69.5 Å². The highest BCUT2D eigenvalue weighted by atomic mass is 28.4. The minimum absolute atomic E-state index is 0.385. The summed E-state index contributed by atoms with van der Waals surface area (Å²) < 4.78 is 6.70. The fourth-order valence-electron chi connectivity index (χ4n) is 7.64. The molecule has 4 unspecified atom stereocenters. The summed E-state index contributed by atoms with van der Waals surface area (Å²) in [5, 5.41) is 0. The molecule has 4 aliphatic rings. The van der Waals surface area contributed by atoms with E-state index in [0.29, 0.717) is 5.41 Å². The highest BCUT2D eigenvalue weighted by molar-refractivity contribution is 6.73. The van der Waals surface area contributed by atoms with Gasteiger partial charge in [-0.3, -0.25) is 0 Å². The molecule has 4 aliphatic carbocycles. The van der Waals surface area contributed by atoms with Crippen molar-refractivity contribution in [1.82, 2.24) is 0 Å². The van der Waals surface area contributed by atoms with Crippen LogP contribution in [0.1, 0.15) is 79.1 Å². The van der Waals surface area contributed by atoms with E-state index in [9.17, 15) is 0 Å². The zero-order chi connectivity index (χ0) is 21.9. The van der Waals surface area contributed by atoms with Crippen molar-refractivity contribution in [1.29, 1.82) is 0 Å². The van der Waals surface area contributed by atoms with Gasteiger partial charge in [-0.1, -0.05) is 75.3 Å².